The van der Waals surface area contributed by atoms with E-state index in [2.05, 4.69) is 0 Å². The Morgan fingerprint density at radius 3 is 2.38 bits per heavy atom. The fourth-order valence-corrected chi connectivity index (χ4v) is 2.39. The van der Waals surface area contributed by atoms with Crippen LogP contribution in [0.3, 0.4) is 0 Å². The minimum absolute atomic E-state index is 0.214. The Balaban J connectivity index is 2.09. The molecule has 0 bridgehead atoms. The third kappa shape index (κ3) is 1.70. The fraction of sp³-hybridized carbons (Fsp3) is 1.00. The summed E-state index contributed by atoms with van der Waals surface area (Å²) >= 11 is 0. The van der Waals surface area contributed by atoms with Crippen LogP contribution in [0.25, 0.3) is 0 Å². The van der Waals surface area contributed by atoms with E-state index in [9.17, 15) is 8.42 Å². The van der Waals surface area contributed by atoms with Gasteiger partial charge in [-0.2, -0.15) is 12.7 Å². The molecule has 2 saturated heterocycles. The van der Waals surface area contributed by atoms with E-state index in [4.69, 9.17) is 14.6 Å². The van der Waals surface area contributed by atoms with E-state index in [0.29, 0.717) is 26.2 Å². The second kappa shape index (κ2) is 2.89. The summed E-state index contributed by atoms with van der Waals surface area (Å²) in [5.41, 5.74) is 0. The Hall–Kier alpha value is -0.210. The molecule has 0 aromatic heterocycles. The van der Waals surface area contributed by atoms with Crippen molar-refractivity contribution in [1.29, 1.82) is 0 Å². The zero-order valence-electron chi connectivity index (χ0n) is 7.10. The average molecular weight is 208 g/mol. The van der Waals surface area contributed by atoms with Gasteiger partial charge in [0.05, 0.1) is 19.8 Å². The Morgan fingerprint density at radius 1 is 1.31 bits per heavy atom. The lowest BCUT2D eigenvalue weighted by molar-refractivity contribution is -0.142. The number of nitrogens with zero attached hydrogens (tertiary/aromatic N) is 1. The van der Waals surface area contributed by atoms with E-state index >= 15 is 0 Å². The highest BCUT2D eigenvalue weighted by Crippen LogP contribution is 2.30. The predicted molar refractivity (Wildman–Crippen MR) is 43.9 cm³/mol. The molecule has 2 N–H and O–H groups in total. The Labute approximate surface area is 76.8 Å². The number of nitrogens with two attached hydrogens (primary N) is 1. The van der Waals surface area contributed by atoms with E-state index in [1.54, 1.807) is 0 Å². The standard InChI is InChI=1S/C6H12N2O4S/c7-13(9,10)8-2-1-6(5-8)11-3-4-12-6/h1-5H2,(H2,7,9,10). The monoisotopic (exact) mass is 208 g/mol. The lowest BCUT2D eigenvalue weighted by atomic mass is 10.2. The smallest absolute Gasteiger partial charge is 0.277 e. The van der Waals surface area contributed by atoms with Gasteiger partial charge in [0.2, 0.25) is 0 Å². The van der Waals surface area contributed by atoms with Gasteiger partial charge in [-0.05, 0) is 0 Å². The third-order valence-electron chi connectivity index (χ3n) is 2.33. The summed E-state index contributed by atoms with van der Waals surface area (Å²) in [6.07, 6.45) is 0.559. The first-order chi connectivity index (χ1) is 6.02. The maximum absolute atomic E-state index is 11.0. The van der Waals surface area contributed by atoms with Crippen molar-refractivity contribution in [3.8, 4) is 0 Å². The van der Waals surface area contributed by atoms with Crippen LogP contribution in [0.1, 0.15) is 6.42 Å². The van der Waals surface area contributed by atoms with Crippen molar-refractivity contribution in [2.24, 2.45) is 5.14 Å². The van der Waals surface area contributed by atoms with Crippen LogP contribution in [-0.2, 0) is 19.7 Å². The summed E-state index contributed by atoms with van der Waals surface area (Å²) in [6, 6.07) is 0. The second-order valence-corrected chi connectivity index (χ2v) is 4.78. The van der Waals surface area contributed by atoms with Crippen LogP contribution in [0.15, 0.2) is 0 Å². The largest absolute Gasteiger partial charge is 0.346 e. The van der Waals surface area contributed by atoms with Crippen molar-refractivity contribution in [3.05, 3.63) is 0 Å². The molecule has 1 spiro atoms. The zero-order valence-corrected chi connectivity index (χ0v) is 7.92. The van der Waals surface area contributed by atoms with Gasteiger partial charge in [-0.25, -0.2) is 5.14 Å². The summed E-state index contributed by atoms with van der Waals surface area (Å²) in [6.45, 7) is 1.64. The molecule has 0 aliphatic carbocycles. The summed E-state index contributed by atoms with van der Waals surface area (Å²) in [5.74, 6) is -0.716. The molecule has 76 valence electrons. The van der Waals surface area contributed by atoms with Gasteiger partial charge >= 0.3 is 0 Å². The van der Waals surface area contributed by atoms with Crippen molar-refractivity contribution < 1.29 is 17.9 Å². The van der Waals surface area contributed by atoms with Crippen molar-refractivity contribution in [3.63, 3.8) is 0 Å². The van der Waals surface area contributed by atoms with Gasteiger partial charge in [-0.1, -0.05) is 0 Å². The average Bonchev–Trinajstić information content (AvgIpc) is 2.60. The molecule has 0 saturated carbocycles. The summed E-state index contributed by atoms with van der Waals surface area (Å²) < 4.78 is 33.8. The SMILES string of the molecule is NS(=O)(=O)N1CCC2(C1)OCCO2. The van der Waals surface area contributed by atoms with Gasteiger partial charge in [0.15, 0.2) is 5.79 Å². The topological polar surface area (TPSA) is 81.9 Å². The molecular formula is C6H12N2O4S. The van der Waals surface area contributed by atoms with Gasteiger partial charge in [-0.15, -0.1) is 0 Å². The van der Waals surface area contributed by atoms with Crippen molar-refractivity contribution in [2.75, 3.05) is 26.3 Å². The summed E-state index contributed by atoms with van der Waals surface area (Å²) in [4.78, 5) is 0. The van der Waals surface area contributed by atoms with E-state index < -0.39 is 16.0 Å². The minimum Gasteiger partial charge on any atom is -0.346 e. The number of hydrogen-bond donors (Lipinski definition) is 1. The third-order valence-corrected chi connectivity index (χ3v) is 3.36. The molecule has 2 rings (SSSR count). The second-order valence-electron chi connectivity index (χ2n) is 3.24. The van der Waals surface area contributed by atoms with Crippen LogP contribution in [0.4, 0.5) is 0 Å². The number of hydrogen-bond acceptors (Lipinski definition) is 4. The lowest BCUT2D eigenvalue weighted by Gasteiger charge is -2.21. The molecule has 0 aromatic rings. The molecule has 0 unspecified atom stereocenters. The quantitative estimate of drug-likeness (QED) is 0.577. The molecule has 2 heterocycles. The minimum atomic E-state index is -3.59. The van der Waals surface area contributed by atoms with Crippen LogP contribution in [0.5, 0.6) is 0 Å². The maximum atomic E-state index is 11.0. The Morgan fingerprint density at radius 2 is 1.92 bits per heavy atom. The van der Waals surface area contributed by atoms with Crippen LogP contribution in [-0.4, -0.2) is 44.8 Å². The van der Waals surface area contributed by atoms with Gasteiger partial charge in [0.25, 0.3) is 10.2 Å². The van der Waals surface area contributed by atoms with Crippen LogP contribution in [0.2, 0.25) is 0 Å². The zero-order chi connectivity index (χ0) is 9.53. The summed E-state index contributed by atoms with van der Waals surface area (Å²) in [5, 5.41) is 4.98. The van der Waals surface area contributed by atoms with Gasteiger partial charge in [-0.3, -0.25) is 0 Å². The molecule has 7 heteroatoms. The molecule has 0 atom stereocenters. The molecular weight excluding hydrogens is 196 g/mol. The normalized spacial score (nSPS) is 28.7. The molecule has 2 aliphatic rings. The van der Waals surface area contributed by atoms with Gasteiger partial charge in [0.1, 0.15) is 0 Å². The van der Waals surface area contributed by atoms with Gasteiger partial charge < -0.3 is 9.47 Å². The van der Waals surface area contributed by atoms with E-state index in [-0.39, 0.29) is 6.54 Å². The highest BCUT2D eigenvalue weighted by molar-refractivity contribution is 7.86. The molecule has 0 amide bonds. The highest BCUT2D eigenvalue weighted by Gasteiger charge is 2.46. The Bertz CT molecular complexity index is 296. The first kappa shape index (κ1) is 9.35. The fourth-order valence-electron chi connectivity index (χ4n) is 1.67. The molecule has 2 aliphatic heterocycles. The molecule has 2 fully saturated rings. The highest BCUT2D eigenvalue weighted by atomic mass is 32.2. The summed E-state index contributed by atoms with van der Waals surface area (Å²) in [7, 11) is -3.59. The van der Waals surface area contributed by atoms with Crippen LogP contribution < -0.4 is 5.14 Å². The maximum Gasteiger partial charge on any atom is 0.277 e. The first-order valence-corrected chi connectivity index (χ1v) is 5.58. The van der Waals surface area contributed by atoms with Crippen LogP contribution in [0, 0.1) is 0 Å². The lowest BCUT2D eigenvalue weighted by Crippen LogP contribution is -2.39. The van der Waals surface area contributed by atoms with Crippen molar-refractivity contribution in [2.45, 2.75) is 12.2 Å². The van der Waals surface area contributed by atoms with E-state index in [1.165, 1.54) is 4.31 Å². The van der Waals surface area contributed by atoms with Crippen molar-refractivity contribution in [1.82, 2.24) is 4.31 Å². The van der Waals surface area contributed by atoms with E-state index in [0.717, 1.165) is 0 Å². The van der Waals surface area contributed by atoms with Crippen molar-refractivity contribution >= 4 is 10.2 Å². The molecule has 0 aromatic carbocycles. The Kier molecular flexibility index (Phi) is 2.08. The first-order valence-electron chi connectivity index (χ1n) is 4.08. The van der Waals surface area contributed by atoms with Crippen LogP contribution >= 0.6 is 0 Å². The molecule has 0 radical (unpaired) electrons. The molecule has 13 heavy (non-hydrogen) atoms. The van der Waals surface area contributed by atoms with E-state index in [1.807, 2.05) is 0 Å². The van der Waals surface area contributed by atoms with Gasteiger partial charge in [0, 0.05) is 13.0 Å². The molecule has 6 nitrogen and oxygen atoms in total. The number of rotatable bonds is 1. The predicted octanol–water partition coefficient (Wildman–Crippen LogP) is -1.36. The number of ether oxygens (including phenoxy) is 2.